The van der Waals surface area contributed by atoms with Crippen LogP contribution in [0.3, 0.4) is 0 Å². The number of methoxy groups -OCH3 is 1. The Morgan fingerprint density at radius 2 is 2.00 bits per heavy atom. The van der Waals surface area contributed by atoms with E-state index in [4.69, 9.17) is 4.74 Å². The van der Waals surface area contributed by atoms with Gasteiger partial charge in [-0.05, 0) is 31.0 Å². The van der Waals surface area contributed by atoms with Gasteiger partial charge in [0.25, 0.3) is 0 Å². The van der Waals surface area contributed by atoms with Crippen molar-refractivity contribution in [1.82, 2.24) is 5.32 Å². The van der Waals surface area contributed by atoms with E-state index in [1.807, 2.05) is 6.92 Å². The molecule has 0 aromatic heterocycles. The minimum atomic E-state index is -0.903. The lowest BCUT2D eigenvalue weighted by Gasteiger charge is -2.17. The van der Waals surface area contributed by atoms with E-state index in [0.29, 0.717) is 6.42 Å². The normalized spacial score (nSPS) is 11.6. The van der Waals surface area contributed by atoms with Crippen LogP contribution in [0, 0.1) is 20.2 Å². The van der Waals surface area contributed by atoms with Crippen LogP contribution < -0.4 is 15.4 Å². The highest BCUT2D eigenvalue weighted by molar-refractivity contribution is 7.99. The SMILES string of the molecule is CCSCC[C@H](NC)C(=O)Nc1ccc([N+](=O)[O-])c([N+](=O)[O-])c1OC. The first-order valence-corrected chi connectivity index (χ1v) is 8.58. The lowest BCUT2D eigenvalue weighted by atomic mass is 10.1. The quantitative estimate of drug-likeness (QED) is 0.362. The second-order valence-electron chi connectivity index (χ2n) is 4.84. The summed E-state index contributed by atoms with van der Waals surface area (Å²) in [5.74, 6) is 0.943. The summed E-state index contributed by atoms with van der Waals surface area (Å²) in [7, 11) is 2.78. The third kappa shape index (κ3) is 5.29. The number of nitrogens with one attached hydrogen (secondary N) is 2. The maximum Gasteiger partial charge on any atom is 0.389 e. The van der Waals surface area contributed by atoms with E-state index in [1.54, 1.807) is 18.8 Å². The van der Waals surface area contributed by atoms with Crippen LogP contribution in [0.2, 0.25) is 0 Å². The number of thioether (sulfide) groups is 1. The Morgan fingerprint density at radius 3 is 2.48 bits per heavy atom. The molecule has 0 heterocycles. The molecule has 1 aromatic carbocycles. The smallest absolute Gasteiger partial charge is 0.389 e. The summed E-state index contributed by atoms with van der Waals surface area (Å²) >= 11 is 1.69. The largest absolute Gasteiger partial charge is 0.488 e. The fraction of sp³-hybridized carbons (Fsp3) is 0.500. The van der Waals surface area contributed by atoms with E-state index in [-0.39, 0.29) is 11.4 Å². The molecule has 0 spiro atoms. The zero-order chi connectivity index (χ0) is 19.0. The van der Waals surface area contributed by atoms with Gasteiger partial charge in [0.2, 0.25) is 11.7 Å². The molecule has 25 heavy (non-hydrogen) atoms. The molecule has 1 rings (SSSR count). The molecule has 0 saturated heterocycles. The number of amides is 1. The average molecular weight is 372 g/mol. The van der Waals surface area contributed by atoms with Crippen molar-refractivity contribution in [2.75, 3.05) is 31.0 Å². The molecular formula is C14H20N4O6S. The molecule has 1 aromatic rings. The molecule has 0 aliphatic rings. The lowest BCUT2D eigenvalue weighted by molar-refractivity contribution is -0.423. The molecule has 2 N–H and O–H groups in total. The van der Waals surface area contributed by atoms with Crippen molar-refractivity contribution in [2.45, 2.75) is 19.4 Å². The summed E-state index contributed by atoms with van der Waals surface area (Å²) in [6.45, 7) is 2.01. The number of carbonyl (C=O) groups excluding carboxylic acids is 1. The van der Waals surface area contributed by atoms with Crippen molar-refractivity contribution < 1.29 is 19.4 Å². The third-order valence-electron chi connectivity index (χ3n) is 3.37. The van der Waals surface area contributed by atoms with E-state index >= 15 is 0 Å². The van der Waals surface area contributed by atoms with Crippen molar-refractivity contribution in [2.24, 2.45) is 0 Å². The summed E-state index contributed by atoms with van der Waals surface area (Å²) in [6, 6.07) is 1.69. The Morgan fingerprint density at radius 1 is 1.32 bits per heavy atom. The Kier molecular flexibility index (Phi) is 8.08. The summed E-state index contributed by atoms with van der Waals surface area (Å²) in [5, 5.41) is 27.6. The molecule has 0 saturated carbocycles. The summed E-state index contributed by atoms with van der Waals surface area (Å²) in [4.78, 5) is 32.8. The van der Waals surface area contributed by atoms with Crippen LogP contribution in [-0.2, 0) is 4.79 Å². The number of nitrogens with zero attached hydrogens (tertiary/aromatic N) is 2. The number of likely N-dealkylation sites (N-methyl/N-ethyl adjacent to an activating group) is 1. The molecule has 1 atom stereocenters. The summed E-state index contributed by atoms with van der Waals surface area (Å²) in [6.07, 6.45) is 0.568. The van der Waals surface area contributed by atoms with Gasteiger partial charge >= 0.3 is 11.4 Å². The molecule has 0 fully saturated rings. The van der Waals surface area contributed by atoms with Crippen molar-refractivity contribution in [3.05, 3.63) is 32.4 Å². The van der Waals surface area contributed by atoms with E-state index in [2.05, 4.69) is 10.6 Å². The van der Waals surface area contributed by atoms with Gasteiger partial charge in [0.05, 0.1) is 28.7 Å². The number of hydrogen-bond donors (Lipinski definition) is 2. The molecular weight excluding hydrogens is 352 g/mol. The maximum absolute atomic E-state index is 12.4. The highest BCUT2D eigenvalue weighted by Gasteiger charge is 2.33. The van der Waals surface area contributed by atoms with E-state index in [0.717, 1.165) is 24.7 Å². The number of carbonyl (C=O) groups is 1. The van der Waals surface area contributed by atoms with Crippen molar-refractivity contribution in [1.29, 1.82) is 0 Å². The zero-order valence-corrected chi connectivity index (χ0v) is 14.9. The Bertz CT molecular complexity index is 654. The van der Waals surface area contributed by atoms with Crippen LogP contribution in [0.1, 0.15) is 13.3 Å². The molecule has 11 heteroatoms. The Hall–Kier alpha value is -2.40. The number of benzene rings is 1. The van der Waals surface area contributed by atoms with Crippen LogP contribution in [0.25, 0.3) is 0 Å². The third-order valence-corrected chi connectivity index (χ3v) is 4.30. The standard InChI is InChI=1S/C14H20N4O6S/c1-4-25-8-7-10(15-2)14(19)16-9-5-6-11(17(20)21)12(18(22)23)13(9)24-3/h5-6,10,15H,4,7-8H2,1-3H3,(H,16,19)/t10-/m0/s1. The molecule has 0 radical (unpaired) electrons. The van der Waals surface area contributed by atoms with Gasteiger partial charge in [0.1, 0.15) is 0 Å². The molecule has 1 amide bonds. The first-order chi connectivity index (χ1) is 11.9. The van der Waals surface area contributed by atoms with E-state index in [1.165, 1.54) is 6.07 Å². The van der Waals surface area contributed by atoms with Crippen molar-refractivity contribution >= 4 is 34.7 Å². The van der Waals surface area contributed by atoms with Crippen LogP contribution >= 0.6 is 11.8 Å². The topological polar surface area (TPSA) is 137 Å². The van der Waals surface area contributed by atoms with E-state index < -0.39 is 33.2 Å². The van der Waals surface area contributed by atoms with Crippen LogP contribution in [0.4, 0.5) is 17.1 Å². The minimum Gasteiger partial charge on any atom is -0.488 e. The maximum atomic E-state index is 12.4. The average Bonchev–Trinajstić information content (AvgIpc) is 2.57. The number of rotatable bonds is 10. The summed E-state index contributed by atoms with van der Waals surface area (Å²) < 4.78 is 4.96. The molecule has 0 bridgehead atoms. The Balaban J connectivity index is 3.12. The van der Waals surface area contributed by atoms with Crippen molar-refractivity contribution in [3.63, 3.8) is 0 Å². The molecule has 138 valence electrons. The van der Waals surface area contributed by atoms with Crippen LogP contribution in [0.5, 0.6) is 5.75 Å². The first-order valence-electron chi connectivity index (χ1n) is 7.42. The Labute approximate surface area is 148 Å². The van der Waals surface area contributed by atoms with Gasteiger partial charge in [0.15, 0.2) is 0 Å². The molecule has 10 nitrogen and oxygen atoms in total. The number of ether oxygens (including phenoxy) is 1. The van der Waals surface area contributed by atoms with Gasteiger partial charge < -0.3 is 15.4 Å². The second kappa shape index (κ2) is 9.79. The predicted octanol–water partition coefficient (Wildman–Crippen LogP) is 2.18. The number of nitro benzene ring substituents is 2. The predicted molar refractivity (Wildman–Crippen MR) is 95.4 cm³/mol. The fourth-order valence-electron chi connectivity index (χ4n) is 2.16. The van der Waals surface area contributed by atoms with Gasteiger partial charge in [0, 0.05) is 6.07 Å². The van der Waals surface area contributed by atoms with Gasteiger partial charge in [-0.1, -0.05) is 6.92 Å². The van der Waals surface area contributed by atoms with Gasteiger partial charge in [-0.25, -0.2) is 0 Å². The van der Waals surface area contributed by atoms with Gasteiger partial charge in [-0.15, -0.1) is 0 Å². The summed E-state index contributed by atoms with van der Waals surface area (Å²) in [5.41, 5.74) is -1.49. The van der Waals surface area contributed by atoms with Gasteiger partial charge in [-0.2, -0.15) is 11.8 Å². The van der Waals surface area contributed by atoms with Crippen LogP contribution in [0.15, 0.2) is 12.1 Å². The van der Waals surface area contributed by atoms with Gasteiger partial charge in [-0.3, -0.25) is 25.0 Å². The minimum absolute atomic E-state index is 0.00759. The molecule has 0 aliphatic heterocycles. The highest BCUT2D eigenvalue weighted by Crippen LogP contribution is 2.42. The van der Waals surface area contributed by atoms with E-state index in [9.17, 15) is 25.0 Å². The fourth-order valence-corrected chi connectivity index (χ4v) is 2.85. The first kappa shape index (κ1) is 20.6. The molecule has 0 unspecified atom stereocenters. The van der Waals surface area contributed by atoms with Crippen molar-refractivity contribution in [3.8, 4) is 5.75 Å². The number of anilines is 1. The monoisotopic (exact) mass is 372 g/mol. The molecule has 0 aliphatic carbocycles. The second-order valence-corrected chi connectivity index (χ2v) is 6.24. The lowest BCUT2D eigenvalue weighted by Crippen LogP contribution is -2.38. The number of hydrogen-bond acceptors (Lipinski definition) is 8. The zero-order valence-electron chi connectivity index (χ0n) is 14.1. The van der Waals surface area contributed by atoms with Crippen LogP contribution in [-0.4, -0.2) is 47.5 Å². The highest BCUT2D eigenvalue weighted by atomic mass is 32.2. The number of nitro groups is 2.